The Morgan fingerprint density at radius 2 is 1.80 bits per heavy atom. The molecular weight excluding hydrogens is 314 g/mol. The number of carbonyl (C=O) groups is 1. The van der Waals surface area contributed by atoms with E-state index in [1.54, 1.807) is 14.0 Å². The van der Waals surface area contributed by atoms with E-state index in [4.69, 9.17) is 9.47 Å². The van der Waals surface area contributed by atoms with E-state index in [9.17, 15) is 4.79 Å². The smallest absolute Gasteiger partial charge is 0.261 e. The summed E-state index contributed by atoms with van der Waals surface area (Å²) in [6.45, 7) is 7.83. The van der Waals surface area contributed by atoms with Crippen LogP contribution in [0.15, 0.2) is 42.5 Å². The zero-order chi connectivity index (χ0) is 18.4. The average molecular weight is 341 g/mol. The van der Waals surface area contributed by atoms with Crippen LogP contribution in [-0.2, 0) is 4.79 Å². The maximum Gasteiger partial charge on any atom is 0.261 e. The molecule has 2 atom stereocenters. The van der Waals surface area contributed by atoms with E-state index in [0.29, 0.717) is 5.75 Å². The third-order valence-corrected chi connectivity index (χ3v) is 4.25. The Morgan fingerprint density at radius 1 is 1.12 bits per heavy atom. The van der Waals surface area contributed by atoms with Crippen LogP contribution in [0.1, 0.15) is 43.0 Å². The predicted octanol–water partition coefficient (Wildman–Crippen LogP) is 4.35. The van der Waals surface area contributed by atoms with Gasteiger partial charge in [0.25, 0.3) is 5.91 Å². The molecule has 1 amide bonds. The van der Waals surface area contributed by atoms with Crippen molar-refractivity contribution in [2.75, 3.05) is 7.11 Å². The third-order valence-electron chi connectivity index (χ3n) is 4.25. The highest BCUT2D eigenvalue weighted by Crippen LogP contribution is 2.24. The highest BCUT2D eigenvalue weighted by Gasteiger charge is 2.19. The van der Waals surface area contributed by atoms with E-state index in [0.717, 1.165) is 28.9 Å². The number of amides is 1. The van der Waals surface area contributed by atoms with E-state index in [-0.39, 0.29) is 11.9 Å². The van der Waals surface area contributed by atoms with E-state index in [1.165, 1.54) is 0 Å². The molecule has 0 spiro atoms. The Hall–Kier alpha value is -2.49. The molecule has 4 heteroatoms. The molecule has 0 bridgehead atoms. The summed E-state index contributed by atoms with van der Waals surface area (Å²) in [6.07, 6.45) is 0.241. The van der Waals surface area contributed by atoms with Gasteiger partial charge in [0.1, 0.15) is 11.5 Å². The number of carbonyl (C=O) groups excluding carboxylic acids is 1. The first-order chi connectivity index (χ1) is 11.9. The number of hydrogen-bond acceptors (Lipinski definition) is 3. The van der Waals surface area contributed by atoms with Gasteiger partial charge in [0, 0.05) is 0 Å². The van der Waals surface area contributed by atoms with Gasteiger partial charge in [-0.3, -0.25) is 4.79 Å². The fourth-order valence-electron chi connectivity index (χ4n) is 2.70. The number of benzene rings is 2. The van der Waals surface area contributed by atoms with Crippen LogP contribution >= 0.6 is 0 Å². The lowest BCUT2D eigenvalue weighted by Gasteiger charge is -2.22. The van der Waals surface area contributed by atoms with Crippen molar-refractivity contribution in [3.05, 3.63) is 59.2 Å². The van der Waals surface area contributed by atoms with Gasteiger partial charge in [0.15, 0.2) is 6.10 Å². The molecule has 0 saturated carbocycles. The summed E-state index contributed by atoms with van der Waals surface area (Å²) in [5.74, 6) is 1.42. The molecule has 0 heterocycles. The van der Waals surface area contributed by atoms with Crippen molar-refractivity contribution >= 4 is 5.91 Å². The molecule has 0 aromatic heterocycles. The maximum absolute atomic E-state index is 12.5. The third kappa shape index (κ3) is 4.99. The van der Waals surface area contributed by atoms with Crippen molar-refractivity contribution in [1.82, 2.24) is 5.32 Å². The topological polar surface area (TPSA) is 47.6 Å². The molecule has 4 nitrogen and oxygen atoms in total. The second-order valence-electron chi connectivity index (χ2n) is 6.27. The minimum Gasteiger partial charge on any atom is -0.496 e. The Kier molecular flexibility index (Phi) is 6.45. The van der Waals surface area contributed by atoms with Crippen molar-refractivity contribution in [3.63, 3.8) is 0 Å². The molecule has 1 N–H and O–H groups in total. The number of hydrogen-bond donors (Lipinski definition) is 1. The lowest BCUT2D eigenvalue weighted by molar-refractivity contribution is -0.128. The Balaban J connectivity index is 2.03. The quantitative estimate of drug-likeness (QED) is 0.814. The van der Waals surface area contributed by atoms with Crippen LogP contribution in [0.4, 0.5) is 0 Å². The van der Waals surface area contributed by atoms with Gasteiger partial charge in [-0.2, -0.15) is 0 Å². The SMILES string of the molecule is CC[C@H](NC(=O)[C@@H](C)Oc1ccc(C)cc1)c1ccc(OC)c(C)c1. The lowest BCUT2D eigenvalue weighted by atomic mass is 10.0. The number of rotatable bonds is 7. The highest BCUT2D eigenvalue weighted by molar-refractivity contribution is 5.81. The first kappa shape index (κ1) is 18.8. The minimum atomic E-state index is -0.559. The van der Waals surface area contributed by atoms with Crippen molar-refractivity contribution in [2.24, 2.45) is 0 Å². The maximum atomic E-state index is 12.5. The van der Waals surface area contributed by atoms with Crippen molar-refractivity contribution in [2.45, 2.75) is 46.3 Å². The molecule has 0 radical (unpaired) electrons. The summed E-state index contributed by atoms with van der Waals surface area (Å²) in [5, 5.41) is 3.07. The van der Waals surface area contributed by atoms with Crippen LogP contribution < -0.4 is 14.8 Å². The van der Waals surface area contributed by atoms with Crippen LogP contribution in [0.5, 0.6) is 11.5 Å². The summed E-state index contributed by atoms with van der Waals surface area (Å²) in [7, 11) is 1.66. The average Bonchev–Trinajstić information content (AvgIpc) is 2.61. The van der Waals surface area contributed by atoms with Gasteiger partial charge in [0.2, 0.25) is 0 Å². The largest absolute Gasteiger partial charge is 0.496 e. The molecule has 2 aromatic carbocycles. The molecular formula is C21H27NO3. The molecule has 0 aliphatic rings. The normalized spacial score (nSPS) is 13.0. The van der Waals surface area contributed by atoms with Crippen molar-refractivity contribution in [3.8, 4) is 11.5 Å². The van der Waals surface area contributed by atoms with Crippen LogP contribution in [0.25, 0.3) is 0 Å². The van der Waals surface area contributed by atoms with Crippen LogP contribution in [0, 0.1) is 13.8 Å². The molecule has 25 heavy (non-hydrogen) atoms. The standard InChI is InChI=1S/C21H27NO3/c1-6-19(17-9-12-20(24-5)15(3)13-17)22-21(23)16(4)25-18-10-7-14(2)8-11-18/h7-13,16,19H,6H2,1-5H3,(H,22,23)/t16-,19+/m1/s1. The number of nitrogens with one attached hydrogen (secondary N) is 1. The molecule has 0 saturated heterocycles. The highest BCUT2D eigenvalue weighted by atomic mass is 16.5. The van der Waals surface area contributed by atoms with E-state index in [2.05, 4.69) is 18.3 Å². The molecule has 0 fully saturated rings. The molecule has 134 valence electrons. The summed E-state index contributed by atoms with van der Waals surface area (Å²) in [4.78, 5) is 12.5. The van der Waals surface area contributed by atoms with E-state index in [1.807, 2.05) is 50.2 Å². The van der Waals surface area contributed by atoms with Crippen molar-refractivity contribution < 1.29 is 14.3 Å². The first-order valence-corrected chi connectivity index (χ1v) is 8.62. The van der Waals surface area contributed by atoms with Gasteiger partial charge in [-0.25, -0.2) is 0 Å². The molecule has 2 aromatic rings. The fraction of sp³-hybridized carbons (Fsp3) is 0.381. The fourth-order valence-corrected chi connectivity index (χ4v) is 2.70. The number of aryl methyl sites for hydroxylation is 2. The Morgan fingerprint density at radius 3 is 2.36 bits per heavy atom. The van der Waals surface area contributed by atoms with Gasteiger partial charge in [-0.15, -0.1) is 0 Å². The van der Waals surface area contributed by atoms with Gasteiger partial charge in [-0.05, 0) is 56.5 Å². The number of methoxy groups -OCH3 is 1. The summed E-state index contributed by atoms with van der Waals surface area (Å²) in [5.41, 5.74) is 3.28. The van der Waals surface area contributed by atoms with Gasteiger partial charge >= 0.3 is 0 Å². The summed E-state index contributed by atoms with van der Waals surface area (Å²) in [6, 6.07) is 13.6. The van der Waals surface area contributed by atoms with Gasteiger partial charge in [-0.1, -0.05) is 36.8 Å². The van der Waals surface area contributed by atoms with Crippen molar-refractivity contribution in [1.29, 1.82) is 0 Å². The lowest BCUT2D eigenvalue weighted by Crippen LogP contribution is -2.38. The molecule has 0 aliphatic heterocycles. The first-order valence-electron chi connectivity index (χ1n) is 8.62. The molecule has 0 unspecified atom stereocenters. The van der Waals surface area contributed by atoms with E-state index < -0.39 is 6.10 Å². The monoisotopic (exact) mass is 341 g/mol. The number of ether oxygens (including phenoxy) is 2. The predicted molar refractivity (Wildman–Crippen MR) is 100 cm³/mol. The van der Waals surface area contributed by atoms with E-state index >= 15 is 0 Å². The van der Waals surface area contributed by atoms with Crippen LogP contribution in [0.2, 0.25) is 0 Å². The van der Waals surface area contributed by atoms with Crippen LogP contribution in [0.3, 0.4) is 0 Å². The van der Waals surface area contributed by atoms with Crippen LogP contribution in [-0.4, -0.2) is 19.1 Å². The minimum absolute atomic E-state index is 0.0545. The summed E-state index contributed by atoms with van der Waals surface area (Å²) < 4.78 is 11.0. The second kappa shape index (κ2) is 8.56. The molecule has 0 aliphatic carbocycles. The Bertz CT molecular complexity index is 710. The molecule has 2 rings (SSSR count). The Labute approximate surface area is 150 Å². The van der Waals surface area contributed by atoms with Gasteiger partial charge < -0.3 is 14.8 Å². The zero-order valence-electron chi connectivity index (χ0n) is 15.6. The second-order valence-corrected chi connectivity index (χ2v) is 6.27. The van der Waals surface area contributed by atoms with Gasteiger partial charge in [0.05, 0.1) is 13.2 Å². The summed E-state index contributed by atoms with van der Waals surface area (Å²) >= 11 is 0. The zero-order valence-corrected chi connectivity index (χ0v) is 15.6.